The molecule has 1 aromatic carbocycles. The van der Waals surface area contributed by atoms with E-state index in [1.165, 1.54) is 0 Å². The summed E-state index contributed by atoms with van der Waals surface area (Å²) in [7, 11) is 1.92. The van der Waals surface area contributed by atoms with Crippen molar-refractivity contribution in [2.75, 3.05) is 11.1 Å². The monoisotopic (exact) mass is 286 g/mol. The predicted molar refractivity (Wildman–Crippen MR) is 85.2 cm³/mol. The highest BCUT2D eigenvalue weighted by Crippen LogP contribution is 2.19. The lowest BCUT2D eigenvalue weighted by atomic mass is 10.1. The molecule has 0 saturated heterocycles. The quantitative estimate of drug-likeness (QED) is 0.848. The number of hydrogen-bond acceptors (Lipinski definition) is 3. The number of carbonyl (C=O) groups is 1. The topological polar surface area (TPSA) is 72.9 Å². The third-order valence-electron chi connectivity index (χ3n) is 3.80. The number of rotatable bonds is 4. The second-order valence-electron chi connectivity index (χ2n) is 5.40. The maximum atomic E-state index is 12.1. The van der Waals surface area contributed by atoms with Crippen LogP contribution in [-0.2, 0) is 18.3 Å². The average molecular weight is 286 g/mol. The fourth-order valence-electron chi connectivity index (χ4n) is 2.40. The normalized spacial score (nSPS) is 10.7. The molecule has 0 aliphatic carbocycles. The molecule has 1 amide bonds. The van der Waals surface area contributed by atoms with E-state index in [0.717, 1.165) is 28.2 Å². The van der Waals surface area contributed by atoms with E-state index >= 15 is 0 Å². The van der Waals surface area contributed by atoms with Crippen LogP contribution in [0.3, 0.4) is 0 Å². The van der Waals surface area contributed by atoms with Crippen molar-refractivity contribution in [3.05, 3.63) is 40.7 Å². The summed E-state index contributed by atoms with van der Waals surface area (Å²) in [6.07, 6.45) is 1.13. The number of amides is 1. The van der Waals surface area contributed by atoms with Crippen molar-refractivity contribution in [2.45, 2.75) is 33.6 Å². The van der Waals surface area contributed by atoms with Gasteiger partial charge in [0.15, 0.2) is 0 Å². The van der Waals surface area contributed by atoms with Gasteiger partial charge in [-0.1, -0.05) is 6.07 Å². The zero-order valence-corrected chi connectivity index (χ0v) is 13.0. The lowest BCUT2D eigenvalue weighted by molar-refractivity contribution is -0.116. The molecule has 0 spiro atoms. The number of nitrogens with zero attached hydrogens (tertiary/aromatic N) is 2. The van der Waals surface area contributed by atoms with Crippen molar-refractivity contribution < 1.29 is 4.79 Å². The van der Waals surface area contributed by atoms with Gasteiger partial charge in [0.1, 0.15) is 0 Å². The molecular formula is C16H22N4O. The summed E-state index contributed by atoms with van der Waals surface area (Å²) in [6, 6.07) is 5.52. The van der Waals surface area contributed by atoms with Crippen LogP contribution < -0.4 is 11.1 Å². The van der Waals surface area contributed by atoms with E-state index in [2.05, 4.69) is 10.4 Å². The third-order valence-corrected chi connectivity index (χ3v) is 3.80. The van der Waals surface area contributed by atoms with Gasteiger partial charge >= 0.3 is 0 Å². The van der Waals surface area contributed by atoms with Crippen LogP contribution in [0.2, 0.25) is 0 Å². The molecule has 5 heteroatoms. The minimum Gasteiger partial charge on any atom is -0.399 e. The Balaban J connectivity index is 2.01. The molecule has 0 bridgehead atoms. The van der Waals surface area contributed by atoms with Crippen molar-refractivity contribution in [2.24, 2.45) is 7.05 Å². The standard InChI is InChI=1S/C16H22N4O/c1-10-5-6-13(17)9-15(10)18-16(21)8-7-14-11(2)19-20(4)12(14)3/h5-6,9H,7-8,17H2,1-4H3,(H,18,21). The fourth-order valence-corrected chi connectivity index (χ4v) is 2.40. The van der Waals surface area contributed by atoms with E-state index in [9.17, 15) is 4.79 Å². The highest BCUT2D eigenvalue weighted by molar-refractivity contribution is 5.92. The highest BCUT2D eigenvalue weighted by Gasteiger charge is 2.12. The number of carbonyl (C=O) groups excluding carboxylic acids is 1. The first-order chi connectivity index (χ1) is 9.88. The number of benzene rings is 1. The number of nitrogens with two attached hydrogens (primary N) is 1. The van der Waals surface area contributed by atoms with Gasteiger partial charge in [-0.05, 0) is 50.5 Å². The number of nitrogens with one attached hydrogen (secondary N) is 1. The fraction of sp³-hybridized carbons (Fsp3) is 0.375. The van der Waals surface area contributed by atoms with Gasteiger partial charge in [-0.2, -0.15) is 5.10 Å². The van der Waals surface area contributed by atoms with Crippen LogP contribution in [0.15, 0.2) is 18.2 Å². The van der Waals surface area contributed by atoms with Gasteiger partial charge in [0, 0.05) is 30.5 Å². The van der Waals surface area contributed by atoms with E-state index in [-0.39, 0.29) is 5.91 Å². The van der Waals surface area contributed by atoms with Crippen LogP contribution in [0.4, 0.5) is 11.4 Å². The van der Waals surface area contributed by atoms with Crippen molar-refractivity contribution >= 4 is 17.3 Å². The summed E-state index contributed by atoms with van der Waals surface area (Å²) in [5.74, 6) is -0.00801. The maximum absolute atomic E-state index is 12.1. The van der Waals surface area contributed by atoms with E-state index in [0.29, 0.717) is 18.5 Å². The number of nitrogen functional groups attached to an aromatic ring is 1. The smallest absolute Gasteiger partial charge is 0.224 e. The number of hydrogen-bond donors (Lipinski definition) is 2. The van der Waals surface area contributed by atoms with Gasteiger partial charge in [0.05, 0.1) is 5.69 Å². The Kier molecular flexibility index (Phi) is 4.31. The van der Waals surface area contributed by atoms with E-state index < -0.39 is 0 Å². The molecule has 3 N–H and O–H groups in total. The Labute approximate surface area is 125 Å². The predicted octanol–water partition coefficient (Wildman–Crippen LogP) is 2.50. The van der Waals surface area contributed by atoms with Crippen molar-refractivity contribution in [1.29, 1.82) is 0 Å². The summed E-state index contributed by atoms with van der Waals surface area (Å²) >= 11 is 0. The molecule has 0 saturated carbocycles. The molecule has 0 aliphatic heterocycles. The zero-order valence-electron chi connectivity index (χ0n) is 13.0. The van der Waals surface area contributed by atoms with Crippen molar-refractivity contribution in [3.63, 3.8) is 0 Å². The van der Waals surface area contributed by atoms with E-state index in [1.807, 2.05) is 44.6 Å². The van der Waals surface area contributed by atoms with Gasteiger partial charge in [-0.3, -0.25) is 9.48 Å². The summed E-state index contributed by atoms with van der Waals surface area (Å²) in [6.45, 7) is 5.95. The molecule has 0 fully saturated rings. The largest absolute Gasteiger partial charge is 0.399 e. The summed E-state index contributed by atoms with van der Waals surface area (Å²) in [5, 5.41) is 7.29. The van der Waals surface area contributed by atoms with E-state index in [4.69, 9.17) is 5.73 Å². The Morgan fingerprint density at radius 1 is 1.33 bits per heavy atom. The maximum Gasteiger partial charge on any atom is 0.224 e. The Morgan fingerprint density at radius 3 is 2.67 bits per heavy atom. The Morgan fingerprint density at radius 2 is 2.05 bits per heavy atom. The minimum atomic E-state index is -0.00801. The summed E-state index contributed by atoms with van der Waals surface area (Å²) in [5.41, 5.74) is 11.4. The van der Waals surface area contributed by atoms with Crippen LogP contribution in [-0.4, -0.2) is 15.7 Å². The molecule has 1 aromatic heterocycles. The number of aromatic nitrogens is 2. The molecule has 1 heterocycles. The van der Waals surface area contributed by atoms with Gasteiger partial charge in [-0.15, -0.1) is 0 Å². The number of anilines is 2. The van der Waals surface area contributed by atoms with Crippen LogP contribution in [0.5, 0.6) is 0 Å². The van der Waals surface area contributed by atoms with Crippen LogP contribution in [0.1, 0.15) is 28.9 Å². The molecule has 0 aliphatic rings. The molecule has 0 radical (unpaired) electrons. The SMILES string of the molecule is Cc1ccc(N)cc1NC(=O)CCc1c(C)nn(C)c1C. The first kappa shape index (κ1) is 15.1. The van der Waals surface area contributed by atoms with Gasteiger partial charge in [0.25, 0.3) is 0 Å². The first-order valence-electron chi connectivity index (χ1n) is 7.03. The van der Waals surface area contributed by atoms with Crippen molar-refractivity contribution in [1.82, 2.24) is 9.78 Å². The second kappa shape index (κ2) is 5.99. The van der Waals surface area contributed by atoms with Crippen LogP contribution in [0.25, 0.3) is 0 Å². The van der Waals surface area contributed by atoms with Gasteiger partial charge in [-0.25, -0.2) is 0 Å². The van der Waals surface area contributed by atoms with Crippen LogP contribution in [0, 0.1) is 20.8 Å². The Hall–Kier alpha value is -2.30. The van der Waals surface area contributed by atoms with Gasteiger partial charge in [0.2, 0.25) is 5.91 Å². The number of aryl methyl sites for hydroxylation is 3. The molecule has 5 nitrogen and oxygen atoms in total. The van der Waals surface area contributed by atoms with Crippen LogP contribution >= 0.6 is 0 Å². The summed E-state index contributed by atoms with van der Waals surface area (Å²) in [4.78, 5) is 12.1. The molecule has 21 heavy (non-hydrogen) atoms. The zero-order chi connectivity index (χ0) is 15.6. The second-order valence-corrected chi connectivity index (χ2v) is 5.40. The molecular weight excluding hydrogens is 264 g/mol. The molecule has 2 rings (SSSR count). The van der Waals surface area contributed by atoms with Crippen molar-refractivity contribution in [3.8, 4) is 0 Å². The first-order valence-corrected chi connectivity index (χ1v) is 7.03. The molecule has 112 valence electrons. The Bertz CT molecular complexity index is 673. The molecule has 0 atom stereocenters. The molecule has 0 unspecified atom stereocenters. The minimum absolute atomic E-state index is 0.00801. The lowest BCUT2D eigenvalue weighted by Gasteiger charge is -2.09. The molecule has 2 aromatic rings. The van der Waals surface area contributed by atoms with Gasteiger partial charge < -0.3 is 11.1 Å². The third kappa shape index (κ3) is 3.42. The summed E-state index contributed by atoms with van der Waals surface area (Å²) < 4.78 is 1.85. The highest BCUT2D eigenvalue weighted by atomic mass is 16.1. The lowest BCUT2D eigenvalue weighted by Crippen LogP contribution is -2.13. The van der Waals surface area contributed by atoms with E-state index in [1.54, 1.807) is 6.07 Å². The average Bonchev–Trinajstić information content (AvgIpc) is 2.66.